The van der Waals surface area contributed by atoms with Gasteiger partial charge in [-0.15, -0.1) is 0 Å². The van der Waals surface area contributed by atoms with Gasteiger partial charge in [-0.25, -0.2) is 0 Å². The number of hydrogen-bond acceptors (Lipinski definition) is 1. The normalized spacial score (nSPS) is 13.0. The van der Waals surface area contributed by atoms with Crippen molar-refractivity contribution in [3.63, 3.8) is 0 Å². The molecule has 0 N–H and O–H groups in total. The highest BCUT2D eigenvalue weighted by Crippen LogP contribution is 2.44. The molecule has 0 spiro atoms. The van der Waals surface area contributed by atoms with Crippen molar-refractivity contribution in [2.75, 3.05) is 7.11 Å². The first-order valence-electron chi connectivity index (χ1n) is 8.45. The van der Waals surface area contributed by atoms with Crippen LogP contribution in [0.5, 0.6) is 0 Å². The van der Waals surface area contributed by atoms with E-state index in [2.05, 4.69) is 76.2 Å². The molecule has 0 bridgehead atoms. The molecular weight excluding hydrogens is 286 g/mol. The van der Waals surface area contributed by atoms with Crippen molar-refractivity contribution in [3.05, 3.63) is 36.0 Å². The summed E-state index contributed by atoms with van der Waals surface area (Å²) in [5.41, 5.74) is 4.78. The zero-order chi connectivity index (χ0) is 16.5. The summed E-state index contributed by atoms with van der Waals surface area (Å²) in [4.78, 5) is 0. The highest BCUT2D eigenvalue weighted by atomic mass is 28.3. The zero-order valence-electron chi connectivity index (χ0n) is 15.2. The van der Waals surface area contributed by atoms with Gasteiger partial charge in [0.05, 0.1) is 6.61 Å². The van der Waals surface area contributed by atoms with Crippen molar-refractivity contribution in [3.8, 4) is 0 Å². The molecule has 0 saturated heterocycles. The van der Waals surface area contributed by atoms with Crippen LogP contribution in [0.15, 0.2) is 30.5 Å². The van der Waals surface area contributed by atoms with Crippen molar-refractivity contribution >= 4 is 19.1 Å². The third kappa shape index (κ3) is 2.54. The second-order valence-electron chi connectivity index (χ2n) is 7.33. The lowest BCUT2D eigenvalue weighted by atomic mass is 10.2. The molecule has 2 nitrogen and oxygen atoms in total. The molecule has 0 aliphatic carbocycles. The Balaban J connectivity index is 2.80. The van der Waals surface area contributed by atoms with E-state index in [9.17, 15) is 0 Å². The minimum absolute atomic E-state index is 0.687. The minimum atomic E-state index is -1.72. The number of aromatic nitrogens is 1. The number of nitrogens with zero attached hydrogens (tertiary/aromatic N) is 1. The summed E-state index contributed by atoms with van der Waals surface area (Å²) in [6.07, 6.45) is 2.39. The SMILES string of the molecule is COCc1cn([Si](C(C)C)(C(C)C)C(C)C)c2ccccc12. The summed E-state index contributed by atoms with van der Waals surface area (Å²) in [6.45, 7) is 15.2. The maximum Gasteiger partial charge on any atom is 0.169 e. The number of rotatable bonds is 6. The maximum absolute atomic E-state index is 5.45. The molecule has 1 heterocycles. The van der Waals surface area contributed by atoms with Crippen LogP contribution in [0.25, 0.3) is 10.9 Å². The molecule has 2 rings (SSSR count). The molecule has 0 fully saturated rings. The largest absolute Gasteiger partial charge is 0.380 e. The Morgan fingerprint density at radius 3 is 2.00 bits per heavy atom. The lowest BCUT2D eigenvalue weighted by molar-refractivity contribution is 0.186. The maximum atomic E-state index is 5.45. The third-order valence-electron chi connectivity index (χ3n) is 5.29. The third-order valence-corrected chi connectivity index (χ3v) is 12.0. The summed E-state index contributed by atoms with van der Waals surface area (Å²) >= 11 is 0. The predicted octanol–water partition coefficient (Wildman–Crippen LogP) is 5.81. The highest BCUT2D eigenvalue weighted by Gasteiger charge is 2.45. The van der Waals surface area contributed by atoms with Gasteiger partial charge in [0.15, 0.2) is 8.24 Å². The van der Waals surface area contributed by atoms with Crippen LogP contribution in [0.3, 0.4) is 0 Å². The average molecular weight is 318 g/mol. The highest BCUT2D eigenvalue weighted by molar-refractivity contribution is 6.82. The van der Waals surface area contributed by atoms with Crippen LogP contribution in [-0.4, -0.2) is 19.6 Å². The van der Waals surface area contributed by atoms with Gasteiger partial charge in [0.2, 0.25) is 0 Å². The molecule has 1 aromatic heterocycles. The number of methoxy groups -OCH3 is 1. The molecule has 0 amide bonds. The van der Waals surface area contributed by atoms with Gasteiger partial charge in [0, 0.05) is 29.8 Å². The number of fused-ring (bicyclic) bond motifs is 1. The fourth-order valence-electron chi connectivity index (χ4n) is 4.68. The Labute approximate surface area is 136 Å². The van der Waals surface area contributed by atoms with E-state index in [1.54, 1.807) is 7.11 Å². The van der Waals surface area contributed by atoms with Gasteiger partial charge in [-0.3, -0.25) is 0 Å². The predicted molar refractivity (Wildman–Crippen MR) is 99.1 cm³/mol. The van der Waals surface area contributed by atoms with Crippen LogP contribution in [0.1, 0.15) is 47.1 Å². The Hall–Kier alpha value is -1.06. The van der Waals surface area contributed by atoms with Crippen molar-refractivity contribution in [1.29, 1.82) is 0 Å². The van der Waals surface area contributed by atoms with Crippen molar-refractivity contribution in [2.24, 2.45) is 0 Å². The molecule has 0 radical (unpaired) electrons. The Kier molecular flexibility index (Phi) is 5.18. The number of para-hydroxylation sites is 1. The first-order chi connectivity index (χ1) is 10.4. The van der Waals surface area contributed by atoms with E-state index >= 15 is 0 Å². The van der Waals surface area contributed by atoms with Gasteiger partial charge in [-0.2, -0.15) is 0 Å². The van der Waals surface area contributed by atoms with Gasteiger partial charge in [-0.05, 0) is 22.7 Å². The number of hydrogen-bond donors (Lipinski definition) is 0. The van der Waals surface area contributed by atoms with Crippen LogP contribution < -0.4 is 0 Å². The van der Waals surface area contributed by atoms with Crippen LogP contribution in [0.4, 0.5) is 0 Å². The van der Waals surface area contributed by atoms with Gasteiger partial charge in [0.1, 0.15) is 0 Å². The quantitative estimate of drug-likeness (QED) is 0.613. The summed E-state index contributed by atoms with van der Waals surface area (Å²) < 4.78 is 8.12. The molecule has 3 heteroatoms. The summed E-state index contributed by atoms with van der Waals surface area (Å²) in [5.74, 6) is 0. The van der Waals surface area contributed by atoms with E-state index < -0.39 is 8.24 Å². The Morgan fingerprint density at radius 1 is 0.955 bits per heavy atom. The van der Waals surface area contributed by atoms with E-state index in [4.69, 9.17) is 4.74 Å². The van der Waals surface area contributed by atoms with E-state index in [-0.39, 0.29) is 0 Å². The van der Waals surface area contributed by atoms with E-state index in [0.717, 1.165) is 0 Å². The van der Waals surface area contributed by atoms with Crippen LogP contribution >= 0.6 is 0 Å². The second kappa shape index (κ2) is 6.59. The second-order valence-corrected chi connectivity index (χ2v) is 13.0. The van der Waals surface area contributed by atoms with E-state index in [1.807, 2.05) is 0 Å². The fourth-order valence-corrected chi connectivity index (χ4v) is 11.3. The van der Waals surface area contributed by atoms with Crippen molar-refractivity contribution in [2.45, 2.75) is 64.8 Å². The number of ether oxygens (including phenoxy) is 1. The van der Waals surface area contributed by atoms with Crippen molar-refractivity contribution < 1.29 is 4.74 Å². The summed E-state index contributed by atoms with van der Waals surface area (Å²) in [7, 11) is 0.0667. The van der Waals surface area contributed by atoms with E-state index in [0.29, 0.717) is 23.2 Å². The molecule has 22 heavy (non-hydrogen) atoms. The molecule has 1 aromatic carbocycles. The lowest BCUT2D eigenvalue weighted by Crippen LogP contribution is -2.51. The molecule has 0 unspecified atom stereocenters. The molecule has 0 saturated carbocycles. The van der Waals surface area contributed by atoms with Gasteiger partial charge in [0.25, 0.3) is 0 Å². The molecule has 0 aliphatic rings. The zero-order valence-corrected chi connectivity index (χ0v) is 16.2. The molecule has 122 valence electrons. The lowest BCUT2D eigenvalue weighted by Gasteiger charge is -2.44. The van der Waals surface area contributed by atoms with Crippen LogP contribution in [-0.2, 0) is 11.3 Å². The minimum Gasteiger partial charge on any atom is -0.380 e. The molecule has 2 aromatic rings. The smallest absolute Gasteiger partial charge is 0.169 e. The average Bonchev–Trinajstić information content (AvgIpc) is 2.79. The van der Waals surface area contributed by atoms with Crippen LogP contribution in [0, 0.1) is 0 Å². The van der Waals surface area contributed by atoms with Gasteiger partial charge >= 0.3 is 0 Å². The monoisotopic (exact) mass is 317 g/mol. The van der Waals surface area contributed by atoms with Crippen LogP contribution in [0.2, 0.25) is 16.6 Å². The van der Waals surface area contributed by atoms with Gasteiger partial charge < -0.3 is 8.97 Å². The number of benzene rings is 1. The van der Waals surface area contributed by atoms with Crippen molar-refractivity contribution in [1.82, 2.24) is 4.23 Å². The summed E-state index contributed by atoms with van der Waals surface area (Å²) in [6, 6.07) is 8.81. The Bertz CT molecular complexity index is 606. The van der Waals surface area contributed by atoms with Gasteiger partial charge in [-0.1, -0.05) is 59.7 Å². The topological polar surface area (TPSA) is 14.2 Å². The standard InChI is InChI=1S/C19H31NOSi/c1-14(2)22(15(3)4,16(5)6)20-12-17(13-21-7)18-10-8-9-11-19(18)20/h8-12,14-16H,13H2,1-7H3. The molecular formula is C19H31NOSi. The summed E-state index contributed by atoms with van der Waals surface area (Å²) in [5, 5.41) is 1.35. The first kappa shape index (κ1) is 17.3. The first-order valence-corrected chi connectivity index (χ1v) is 10.6. The molecule has 0 aliphatic heterocycles. The van der Waals surface area contributed by atoms with E-state index in [1.165, 1.54) is 16.5 Å². The fraction of sp³-hybridized carbons (Fsp3) is 0.579. The Morgan fingerprint density at radius 2 is 1.50 bits per heavy atom. The molecule has 0 atom stereocenters.